The van der Waals surface area contributed by atoms with Gasteiger partial charge in [0.05, 0.1) is 12.2 Å². The average molecular weight is 395 g/mol. The summed E-state index contributed by atoms with van der Waals surface area (Å²) >= 11 is 0. The number of hydrogen-bond acceptors (Lipinski definition) is 7. The topological polar surface area (TPSA) is 68.2 Å². The molecule has 0 radical (unpaired) electrons. The summed E-state index contributed by atoms with van der Waals surface area (Å²) in [5.41, 5.74) is 1.66. The summed E-state index contributed by atoms with van der Waals surface area (Å²) in [4.78, 5) is 11.4. The number of nitrogens with one attached hydrogen (secondary N) is 2. The Morgan fingerprint density at radius 2 is 2.17 bits per heavy atom. The number of fused-ring (bicyclic) bond motifs is 5. The van der Waals surface area contributed by atoms with Crippen molar-refractivity contribution in [2.75, 3.05) is 25.0 Å². The van der Waals surface area contributed by atoms with Crippen LogP contribution in [0.3, 0.4) is 0 Å². The van der Waals surface area contributed by atoms with Crippen molar-refractivity contribution >= 4 is 17.9 Å². The van der Waals surface area contributed by atoms with E-state index >= 15 is 0 Å². The van der Waals surface area contributed by atoms with Gasteiger partial charge in [0.2, 0.25) is 0 Å². The van der Waals surface area contributed by atoms with Crippen molar-refractivity contribution in [3.05, 3.63) is 60.1 Å². The SMILES string of the molecule is C=C1/C=C2\N=C(C=CN2/N=C\C)N2CCCC2c2cc(F)cnc2NCCCN1. The maximum atomic E-state index is 14.1. The minimum Gasteiger partial charge on any atom is -0.385 e. The van der Waals surface area contributed by atoms with Gasteiger partial charge in [0.1, 0.15) is 17.5 Å². The Hall–Kier alpha value is -3.16. The van der Waals surface area contributed by atoms with Gasteiger partial charge in [-0.1, -0.05) is 6.58 Å². The standard InChI is InChI=1S/C21H26FN7/c1-3-26-29-11-7-19-27-20(29)12-15(2)23-8-5-9-24-21-17(13-16(22)14-25-21)18-6-4-10-28(18)19/h3,7,11-14,18,23H,2,4-6,8-10H2,1H3,(H,24,25)/b20-12+,26-3-. The van der Waals surface area contributed by atoms with Crippen molar-refractivity contribution in [2.24, 2.45) is 10.1 Å². The second-order valence-electron chi connectivity index (χ2n) is 7.18. The summed E-state index contributed by atoms with van der Waals surface area (Å²) in [7, 11) is 0. The molecule has 1 atom stereocenters. The predicted octanol–water partition coefficient (Wildman–Crippen LogP) is 3.35. The third kappa shape index (κ3) is 4.16. The van der Waals surface area contributed by atoms with Gasteiger partial charge in [-0.25, -0.2) is 19.4 Å². The molecule has 1 unspecified atom stereocenters. The predicted molar refractivity (Wildman–Crippen MR) is 114 cm³/mol. The van der Waals surface area contributed by atoms with Crippen LogP contribution in [0, 0.1) is 5.82 Å². The van der Waals surface area contributed by atoms with Crippen LogP contribution in [0.5, 0.6) is 0 Å². The highest BCUT2D eigenvalue weighted by Gasteiger charge is 2.31. The van der Waals surface area contributed by atoms with Crippen LogP contribution in [0.4, 0.5) is 10.2 Å². The summed E-state index contributed by atoms with van der Waals surface area (Å²) in [6.07, 6.45) is 11.6. The van der Waals surface area contributed by atoms with E-state index in [4.69, 9.17) is 4.99 Å². The Morgan fingerprint density at radius 1 is 1.31 bits per heavy atom. The molecule has 152 valence electrons. The summed E-state index contributed by atoms with van der Waals surface area (Å²) < 4.78 is 14.1. The van der Waals surface area contributed by atoms with Crippen molar-refractivity contribution in [2.45, 2.75) is 32.2 Å². The number of aromatic nitrogens is 1. The van der Waals surface area contributed by atoms with Gasteiger partial charge < -0.3 is 15.5 Å². The number of nitrogens with zero attached hydrogens (tertiary/aromatic N) is 5. The van der Waals surface area contributed by atoms with Crippen molar-refractivity contribution in [1.29, 1.82) is 0 Å². The highest BCUT2D eigenvalue weighted by atomic mass is 19.1. The maximum Gasteiger partial charge on any atom is 0.157 e. The smallest absolute Gasteiger partial charge is 0.157 e. The van der Waals surface area contributed by atoms with E-state index in [1.54, 1.807) is 17.3 Å². The van der Waals surface area contributed by atoms with Gasteiger partial charge in [-0.05, 0) is 38.3 Å². The molecule has 4 heterocycles. The number of anilines is 1. The van der Waals surface area contributed by atoms with Crippen LogP contribution in [0.25, 0.3) is 0 Å². The zero-order valence-corrected chi connectivity index (χ0v) is 16.6. The number of pyridine rings is 1. The normalized spacial score (nSPS) is 24.1. The van der Waals surface area contributed by atoms with E-state index in [1.807, 2.05) is 25.3 Å². The molecule has 0 aliphatic carbocycles. The minimum absolute atomic E-state index is 0.0239. The quantitative estimate of drug-likeness (QED) is 0.714. The van der Waals surface area contributed by atoms with Crippen LogP contribution < -0.4 is 10.6 Å². The van der Waals surface area contributed by atoms with Crippen LogP contribution in [0.2, 0.25) is 0 Å². The van der Waals surface area contributed by atoms with Gasteiger partial charge in [-0.15, -0.1) is 0 Å². The zero-order valence-electron chi connectivity index (χ0n) is 16.6. The number of hydrogen-bond donors (Lipinski definition) is 2. The molecule has 29 heavy (non-hydrogen) atoms. The molecule has 2 N–H and O–H groups in total. The zero-order chi connectivity index (χ0) is 20.2. The lowest BCUT2D eigenvalue weighted by Gasteiger charge is -2.31. The van der Waals surface area contributed by atoms with Gasteiger partial charge in [-0.2, -0.15) is 5.10 Å². The molecule has 1 aromatic rings. The maximum absolute atomic E-state index is 14.1. The molecule has 8 heteroatoms. The van der Waals surface area contributed by atoms with Gasteiger partial charge >= 0.3 is 0 Å². The Balaban J connectivity index is 1.77. The third-order valence-corrected chi connectivity index (χ3v) is 5.16. The van der Waals surface area contributed by atoms with Crippen molar-refractivity contribution < 1.29 is 4.39 Å². The Kier molecular flexibility index (Phi) is 5.59. The number of aliphatic imine (C=N–C) groups is 1. The molecule has 2 bridgehead atoms. The fourth-order valence-electron chi connectivity index (χ4n) is 3.87. The number of amidine groups is 1. The minimum atomic E-state index is -0.318. The van der Waals surface area contributed by atoms with E-state index in [0.717, 1.165) is 61.8 Å². The summed E-state index contributed by atoms with van der Waals surface area (Å²) in [6.45, 7) is 8.31. The van der Waals surface area contributed by atoms with E-state index in [9.17, 15) is 4.39 Å². The van der Waals surface area contributed by atoms with E-state index in [2.05, 4.69) is 32.2 Å². The molecule has 0 aromatic carbocycles. The van der Waals surface area contributed by atoms with Crippen molar-refractivity contribution in [3.8, 4) is 0 Å². The fourth-order valence-corrected chi connectivity index (χ4v) is 3.87. The molecule has 0 spiro atoms. The van der Waals surface area contributed by atoms with Crippen molar-refractivity contribution in [1.82, 2.24) is 20.2 Å². The van der Waals surface area contributed by atoms with Crippen molar-refractivity contribution in [3.63, 3.8) is 0 Å². The lowest BCUT2D eigenvalue weighted by atomic mass is 10.0. The van der Waals surface area contributed by atoms with Crippen LogP contribution in [0.15, 0.2) is 58.8 Å². The number of rotatable bonds is 1. The molecule has 1 saturated heterocycles. The van der Waals surface area contributed by atoms with Crippen LogP contribution in [-0.4, -0.2) is 46.6 Å². The Bertz CT molecular complexity index is 902. The first kappa shape index (κ1) is 19.2. The lowest BCUT2D eigenvalue weighted by molar-refractivity contribution is 0.392. The summed E-state index contributed by atoms with van der Waals surface area (Å²) in [5.74, 6) is 1.95. The number of halogens is 1. The largest absolute Gasteiger partial charge is 0.385 e. The van der Waals surface area contributed by atoms with E-state index in [-0.39, 0.29) is 11.9 Å². The first-order valence-electron chi connectivity index (χ1n) is 10.0. The van der Waals surface area contributed by atoms with Gasteiger partial charge in [0.25, 0.3) is 0 Å². The van der Waals surface area contributed by atoms with Crippen LogP contribution in [0.1, 0.15) is 37.8 Å². The highest BCUT2D eigenvalue weighted by Crippen LogP contribution is 2.37. The van der Waals surface area contributed by atoms with Gasteiger partial charge in [-0.3, -0.25) is 0 Å². The highest BCUT2D eigenvalue weighted by molar-refractivity contribution is 5.95. The Morgan fingerprint density at radius 3 is 3.03 bits per heavy atom. The fraction of sp³-hybridized carbons (Fsp3) is 0.381. The molecule has 0 saturated carbocycles. The average Bonchev–Trinajstić information content (AvgIpc) is 3.19. The molecular formula is C21H26FN7. The third-order valence-electron chi connectivity index (χ3n) is 5.16. The molecular weight excluding hydrogens is 369 g/mol. The molecule has 7 nitrogen and oxygen atoms in total. The molecule has 3 aliphatic heterocycles. The molecule has 1 fully saturated rings. The van der Waals surface area contributed by atoms with Gasteiger partial charge in [0.15, 0.2) is 5.82 Å². The number of hydrazone groups is 1. The monoisotopic (exact) mass is 395 g/mol. The van der Waals surface area contributed by atoms with Crippen LogP contribution in [-0.2, 0) is 0 Å². The van der Waals surface area contributed by atoms with E-state index < -0.39 is 0 Å². The molecule has 3 aliphatic rings. The molecule has 4 rings (SSSR count). The molecule has 0 amide bonds. The second kappa shape index (κ2) is 8.46. The van der Waals surface area contributed by atoms with Gasteiger partial charge in [0, 0.05) is 49.4 Å². The molecule has 1 aromatic heterocycles. The first-order valence-corrected chi connectivity index (χ1v) is 10.0. The lowest BCUT2D eigenvalue weighted by Crippen LogP contribution is -2.33. The van der Waals surface area contributed by atoms with E-state index in [1.165, 1.54) is 6.20 Å². The second-order valence-corrected chi connectivity index (χ2v) is 7.18. The Labute approximate surface area is 170 Å². The first-order chi connectivity index (χ1) is 14.2. The van der Waals surface area contributed by atoms with E-state index in [0.29, 0.717) is 5.82 Å². The summed E-state index contributed by atoms with van der Waals surface area (Å²) in [6, 6.07) is 1.62. The van der Waals surface area contributed by atoms with Crippen LogP contribution >= 0.6 is 0 Å². The number of allylic oxidation sites excluding steroid dienone is 1. The summed E-state index contributed by atoms with van der Waals surface area (Å²) in [5, 5.41) is 12.8.